The Hall–Kier alpha value is -1.33. The molecule has 2 rings (SSSR count). The van der Waals surface area contributed by atoms with Gasteiger partial charge in [-0.1, -0.05) is 0 Å². The van der Waals surface area contributed by atoms with Crippen LogP contribution in [0.3, 0.4) is 0 Å². The van der Waals surface area contributed by atoms with Crippen molar-refractivity contribution in [3.8, 4) is 22.8 Å². The molecule has 0 radical (unpaired) electrons. The van der Waals surface area contributed by atoms with E-state index in [4.69, 9.17) is 21.1 Å². The van der Waals surface area contributed by atoms with Gasteiger partial charge in [0.25, 0.3) is 0 Å². The van der Waals surface area contributed by atoms with Gasteiger partial charge in [0.1, 0.15) is 16.0 Å². The molecule has 0 spiro atoms. The minimum atomic E-state index is 0.212. The van der Waals surface area contributed by atoms with E-state index in [1.807, 2.05) is 25.1 Å². The number of rotatable bonds is 3. The molecule has 0 saturated carbocycles. The minimum absolute atomic E-state index is 0.212. The van der Waals surface area contributed by atoms with Crippen molar-refractivity contribution in [3.63, 3.8) is 0 Å². The third-order valence-corrected chi connectivity index (χ3v) is 3.51. The van der Waals surface area contributed by atoms with Crippen molar-refractivity contribution >= 4 is 27.5 Å². The van der Waals surface area contributed by atoms with Gasteiger partial charge in [-0.3, -0.25) is 0 Å². The lowest BCUT2D eigenvalue weighted by molar-refractivity contribution is 0.390. The molecule has 2 aromatic rings. The molecular formula is C13H12BrClN2O2. The van der Waals surface area contributed by atoms with Crippen LogP contribution in [0.5, 0.6) is 11.5 Å². The van der Waals surface area contributed by atoms with Crippen LogP contribution in [-0.2, 0) is 0 Å². The molecule has 4 nitrogen and oxygen atoms in total. The molecule has 1 aromatic carbocycles. The number of ether oxygens (including phenoxy) is 2. The van der Waals surface area contributed by atoms with Crippen molar-refractivity contribution in [2.75, 3.05) is 14.2 Å². The summed E-state index contributed by atoms with van der Waals surface area (Å²) in [5, 5.41) is 0.212. The van der Waals surface area contributed by atoms with Crippen LogP contribution < -0.4 is 9.47 Å². The Balaban J connectivity index is 2.65. The molecular weight excluding hydrogens is 332 g/mol. The van der Waals surface area contributed by atoms with Crippen LogP contribution in [0.4, 0.5) is 0 Å². The van der Waals surface area contributed by atoms with Crippen LogP contribution in [0.2, 0.25) is 5.28 Å². The Morgan fingerprint density at radius 3 is 2.47 bits per heavy atom. The lowest BCUT2D eigenvalue weighted by atomic mass is 10.1. The van der Waals surface area contributed by atoms with Crippen LogP contribution >= 0.6 is 27.5 Å². The average molecular weight is 344 g/mol. The first-order valence-corrected chi connectivity index (χ1v) is 6.66. The number of nitrogens with zero attached hydrogens (tertiary/aromatic N) is 2. The van der Waals surface area contributed by atoms with Gasteiger partial charge in [-0.25, -0.2) is 9.97 Å². The lowest BCUT2D eigenvalue weighted by Crippen LogP contribution is -1.96. The number of aryl methyl sites for hydroxylation is 1. The van der Waals surface area contributed by atoms with Crippen molar-refractivity contribution in [2.45, 2.75) is 6.92 Å². The minimum Gasteiger partial charge on any atom is -0.495 e. The summed E-state index contributed by atoms with van der Waals surface area (Å²) in [4.78, 5) is 8.27. The Morgan fingerprint density at radius 1 is 1.16 bits per heavy atom. The normalized spacial score (nSPS) is 10.4. The molecule has 0 amide bonds. The molecule has 0 unspecified atom stereocenters. The number of benzene rings is 1. The van der Waals surface area contributed by atoms with Crippen molar-refractivity contribution < 1.29 is 9.47 Å². The summed E-state index contributed by atoms with van der Waals surface area (Å²) in [5.41, 5.74) is 2.32. The lowest BCUT2D eigenvalue weighted by Gasteiger charge is -2.13. The number of hydrogen-bond donors (Lipinski definition) is 0. The smallest absolute Gasteiger partial charge is 0.223 e. The molecule has 0 aliphatic heterocycles. The highest BCUT2D eigenvalue weighted by Crippen LogP contribution is 2.41. The first-order chi connectivity index (χ1) is 9.06. The second-order valence-electron chi connectivity index (χ2n) is 3.83. The summed E-state index contributed by atoms with van der Waals surface area (Å²) in [6, 6.07) is 5.57. The van der Waals surface area contributed by atoms with Crippen LogP contribution in [0.25, 0.3) is 11.3 Å². The number of aromatic nitrogens is 2. The highest BCUT2D eigenvalue weighted by molar-refractivity contribution is 9.10. The number of hydrogen-bond acceptors (Lipinski definition) is 4. The van der Waals surface area contributed by atoms with E-state index in [2.05, 4.69) is 25.9 Å². The second-order valence-corrected chi connectivity index (χ2v) is 4.96. The van der Waals surface area contributed by atoms with Gasteiger partial charge >= 0.3 is 0 Å². The maximum Gasteiger partial charge on any atom is 0.223 e. The average Bonchev–Trinajstić information content (AvgIpc) is 2.37. The topological polar surface area (TPSA) is 44.2 Å². The third kappa shape index (κ3) is 2.82. The van der Waals surface area contributed by atoms with Crippen LogP contribution in [0, 0.1) is 6.92 Å². The Kier molecular flexibility index (Phi) is 4.27. The molecule has 0 N–H and O–H groups in total. The van der Waals surface area contributed by atoms with Gasteiger partial charge in [-0.15, -0.1) is 0 Å². The van der Waals surface area contributed by atoms with Crippen LogP contribution in [-0.4, -0.2) is 24.2 Å². The van der Waals surface area contributed by atoms with Crippen LogP contribution in [0.15, 0.2) is 22.7 Å². The zero-order valence-electron chi connectivity index (χ0n) is 10.7. The zero-order chi connectivity index (χ0) is 14.0. The molecule has 0 atom stereocenters. The quantitative estimate of drug-likeness (QED) is 0.793. The summed E-state index contributed by atoms with van der Waals surface area (Å²) in [5.74, 6) is 1.34. The largest absolute Gasteiger partial charge is 0.495 e. The fourth-order valence-corrected chi connectivity index (χ4v) is 2.66. The molecule has 0 aliphatic carbocycles. The van der Waals surface area contributed by atoms with E-state index in [1.54, 1.807) is 14.2 Å². The number of methoxy groups -OCH3 is 2. The van der Waals surface area contributed by atoms with Gasteiger partial charge in [0.15, 0.2) is 0 Å². The van der Waals surface area contributed by atoms with Gasteiger partial charge in [-0.2, -0.15) is 0 Å². The highest BCUT2D eigenvalue weighted by Gasteiger charge is 2.15. The van der Waals surface area contributed by atoms with E-state index in [9.17, 15) is 0 Å². The summed E-state index contributed by atoms with van der Waals surface area (Å²) < 4.78 is 11.4. The molecule has 0 fully saturated rings. The Labute approximate surface area is 124 Å². The highest BCUT2D eigenvalue weighted by atomic mass is 79.9. The zero-order valence-corrected chi connectivity index (χ0v) is 13.0. The SMILES string of the molecule is COc1ccc(-c2cc(C)nc(Cl)n2)c(OC)c1Br. The van der Waals surface area contributed by atoms with E-state index in [-0.39, 0.29) is 5.28 Å². The fourth-order valence-electron chi connectivity index (χ4n) is 1.77. The van der Waals surface area contributed by atoms with Gasteiger partial charge in [-0.05, 0) is 52.7 Å². The summed E-state index contributed by atoms with van der Waals surface area (Å²) in [6.07, 6.45) is 0. The first-order valence-electron chi connectivity index (χ1n) is 5.49. The summed E-state index contributed by atoms with van der Waals surface area (Å²) >= 11 is 9.35. The summed E-state index contributed by atoms with van der Waals surface area (Å²) in [6.45, 7) is 1.86. The number of halogens is 2. The molecule has 100 valence electrons. The van der Waals surface area contributed by atoms with E-state index in [1.165, 1.54) is 0 Å². The molecule has 0 aliphatic rings. The van der Waals surface area contributed by atoms with Gasteiger partial charge in [0, 0.05) is 11.3 Å². The van der Waals surface area contributed by atoms with E-state index in [0.717, 1.165) is 15.7 Å². The molecule has 1 aromatic heterocycles. The third-order valence-electron chi connectivity index (χ3n) is 2.59. The Morgan fingerprint density at radius 2 is 1.89 bits per heavy atom. The van der Waals surface area contributed by atoms with Gasteiger partial charge < -0.3 is 9.47 Å². The van der Waals surface area contributed by atoms with E-state index >= 15 is 0 Å². The second kappa shape index (κ2) is 5.75. The fraction of sp³-hybridized carbons (Fsp3) is 0.231. The van der Waals surface area contributed by atoms with Crippen molar-refractivity contribution in [2.24, 2.45) is 0 Å². The molecule has 19 heavy (non-hydrogen) atoms. The predicted molar refractivity (Wildman–Crippen MR) is 78.0 cm³/mol. The predicted octanol–water partition coefficient (Wildman–Crippen LogP) is 3.89. The van der Waals surface area contributed by atoms with Crippen LogP contribution in [0.1, 0.15) is 5.69 Å². The van der Waals surface area contributed by atoms with Crippen molar-refractivity contribution in [1.29, 1.82) is 0 Å². The standard InChI is InChI=1S/C13H12BrClN2O2/c1-7-6-9(17-13(15)16-7)8-4-5-10(18-2)11(14)12(8)19-3/h4-6H,1-3H3. The van der Waals surface area contributed by atoms with E-state index in [0.29, 0.717) is 17.2 Å². The first kappa shape index (κ1) is 14.1. The molecule has 6 heteroatoms. The van der Waals surface area contributed by atoms with Crippen molar-refractivity contribution in [1.82, 2.24) is 9.97 Å². The summed E-state index contributed by atoms with van der Waals surface area (Å²) in [7, 11) is 3.20. The molecule has 0 bridgehead atoms. The maximum absolute atomic E-state index is 5.89. The molecule has 1 heterocycles. The Bertz CT molecular complexity index is 600. The monoisotopic (exact) mass is 342 g/mol. The van der Waals surface area contributed by atoms with Crippen molar-refractivity contribution in [3.05, 3.63) is 33.6 Å². The maximum atomic E-state index is 5.89. The van der Waals surface area contributed by atoms with Gasteiger partial charge in [0.05, 0.1) is 19.9 Å². The van der Waals surface area contributed by atoms with E-state index < -0.39 is 0 Å². The molecule has 0 saturated heterocycles. The van der Waals surface area contributed by atoms with Gasteiger partial charge in [0.2, 0.25) is 5.28 Å².